The van der Waals surface area contributed by atoms with Gasteiger partial charge in [0.2, 0.25) is 0 Å². The van der Waals surface area contributed by atoms with Crippen LogP contribution in [-0.2, 0) is 19.1 Å². The predicted molar refractivity (Wildman–Crippen MR) is 45.1 cm³/mol. The van der Waals surface area contributed by atoms with Crippen molar-refractivity contribution in [1.82, 2.24) is 0 Å². The summed E-state index contributed by atoms with van der Waals surface area (Å²) in [5.74, 6) is -0.913. The minimum Gasteiger partial charge on any atom is -0.392 e. The maximum Gasteiger partial charge on any atom is 0.323 e. The van der Waals surface area contributed by atoms with E-state index in [1.54, 1.807) is 13.8 Å². The van der Waals surface area contributed by atoms with Crippen LogP contribution in [0, 0.1) is 10.8 Å². The minimum absolute atomic E-state index is 0.309. The first-order chi connectivity index (χ1) is 6.51. The molecule has 74 valence electrons. The monoisotopic (exact) mass is 194 g/mol. The summed E-state index contributed by atoms with van der Waals surface area (Å²) >= 11 is 0. The van der Waals surface area contributed by atoms with Gasteiger partial charge in [0.25, 0.3) is 0 Å². The molecular formula is C10H10O4. The van der Waals surface area contributed by atoms with Crippen LogP contribution in [0.1, 0.15) is 13.8 Å². The van der Waals surface area contributed by atoms with Gasteiger partial charge >= 0.3 is 11.9 Å². The van der Waals surface area contributed by atoms with Crippen LogP contribution in [0.25, 0.3) is 0 Å². The van der Waals surface area contributed by atoms with Crippen molar-refractivity contribution in [2.75, 3.05) is 0 Å². The molecule has 0 radical (unpaired) electrons. The molecule has 0 unspecified atom stereocenters. The Hall–Kier alpha value is -1.16. The SMILES string of the molecule is C[C@@]12C(=O)OC(=O)[C@]1(C)[C@H]1C=C[C@@H]2O1. The van der Waals surface area contributed by atoms with Crippen LogP contribution in [0.5, 0.6) is 0 Å². The van der Waals surface area contributed by atoms with Crippen molar-refractivity contribution in [3.63, 3.8) is 0 Å². The van der Waals surface area contributed by atoms with Gasteiger partial charge in [0.15, 0.2) is 0 Å². The van der Waals surface area contributed by atoms with E-state index in [2.05, 4.69) is 0 Å². The fourth-order valence-corrected chi connectivity index (χ4v) is 2.65. The third-order valence-corrected chi connectivity index (χ3v) is 4.00. The van der Waals surface area contributed by atoms with E-state index in [0.29, 0.717) is 0 Å². The highest BCUT2D eigenvalue weighted by Crippen LogP contribution is 2.61. The van der Waals surface area contributed by atoms with E-state index < -0.39 is 22.8 Å². The first-order valence-electron chi connectivity index (χ1n) is 4.62. The van der Waals surface area contributed by atoms with Crippen LogP contribution in [0.15, 0.2) is 12.2 Å². The van der Waals surface area contributed by atoms with Crippen molar-refractivity contribution in [2.45, 2.75) is 26.1 Å². The maximum absolute atomic E-state index is 11.6. The lowest BCUT2D eigenvalue weighted by molar-refractivity contribution is -0.159. The van der Waals surface area contributed by atoms with Gasteiger partial charge in [0.1, 0.15) is 10.8 Å². The van der Waals surface area contributed by atoms with E-state index in [1.807, 2.05) is 12.2 Å². The molecule has 3 aliphatic rings. The first-order valence-corrected chi connectivity index (χ1v) is 4.62. The molecule has 14 heavy (non-hydrogen) atoms. The second kappa shape index (κ2) is 1.93. The van der Waals surface area contributed by atoms with Crippen molar-refractivity contribution in [1.29, 1.82) is 0 Å². The molecule has 0 N–H and O–H groups in total. The summed E-state index contributed by atoms with van der Waals surface area (Å²) in [4.78, 5) is 23.3. The quantitative estimate of drug-likeness (QED) is 0.318. The summed E-state index contributed by atoms with van der Waals surface area (Å²) < 4.78 is 10.3. The number of fused-ring (bicyclic) bond motifs is 5. The molecular weight excluding hydrogens is 184 g/mol. The third kappa shape index (κ3) is 0.522. The number of cyclic esters (lactones) is 2. The van der Waals surface area contributed by atoms with Gasteiger partial charge in [-0.25, -0.2) is 0 Å². The summed E-state index contributed by atoms with van der Waals surface area (Å²) in [6, 6.07) is 0. The summed E-state index contributed by atoms with van der Waals surface area (Å²) in [5, 5.41) is 0. The Morgan fingerprint density at radius 2 is 1.50 bits per heavy atom. The molecule has 3 heterocycles. The average molecular weight is 194 g/mol. The highest BCUT2D eigenvalue weighted by molar-refractivity contribution is 6.03. The minimum atomic E-state index is -0.830. The highest BCUT2D eigenvalue weighted by Gasteiger charge is 2.75. The summed E-state index contributed by atoms with van der Waals surface area (Å²) in [5.41, 5.74) is -1.66. The van der Waals surface area contributed by atoms with Crippen molar-refractivity contribution in [3.8, 4) is 0 Å². The molecule has 3 rings (SSSR count). The zero-order valence-electron chi connectivity index (χ0n) is 7.94. The molecule has 4 atom stereocenters. The Kier molecular flexibility index (Phi) is 1.13. The molecule has 3 aliphatic heterocycles. The standard InChI is InChI=1S/C10H10O4/c1-9-5-3-4-6(13-5)10(9,2)8(12)14-7(9)11/h3-6H,1-2H3/t5-,6+,9+,10-. The average Bonchev–Trinajstić information content (AvgIpc) is 2.73. The Bertz CT molecular complexity index is 352. The molecule has 0 amide bonds. The molecule has 2 fully saturated rings. The third-order valence-electron chi connectivity index (χ3n) is 4.00. The van der Waals surface area contributed by atoms with Gasteiger partial charge in [-0.3, -0.25) is 9.59 Å². The van der Waals surface area contributed by atoms with Gasteiger partial charge in [0.05, 0.1) is 12.2 Å². The number of carbonyl (C=O) groups excluding carboxylic acids is 2. The van der Waals surface area contributed by atoms with Gasteiger partial charge in [-0.1, -0.05) is 12.2 Å². The van der Waals surface area contributed by atoms with Crippen LogP contribution < -0.4 is 0 Å². The number of hydrogen-bond acceptors (Lipinski definition) is 4. The lowest BCUT2D eigenvalue weighted by Crippen LogP contribution is -2.46. The maximum atomic E-state index is 11.6. The molecule has 0 aromatic carbocycles. The smallest absolute Gasteiger partial charge is 0.323 e. The van der Waals surface area contributed by atoms with Crippen molar-refractivity contribution < 1.29 is 19.1 Å². The first kappa shape index (κ1) is 8.17. The molecule has 0 saturated carbocycles. The largest absolute Gasteiger partial charge is 0.392 e. The normalized spacial score (nSPS) is 53.9. The van der Waals surface area contributed by atoms with Crippen LogP contribution in [-0.4, -0.2) is 24.1 Å². The fourth-order valence-electron chi connectivity index (χ4n) is 2.65. The molecule has 4 heteroatoms. The van der Waals surface area contributed by atoms with Gasteiger partial charge < -0.3 is 9.47 Å². The van der Waals surface area contributed by atoms with E-state index in [9.17, 15) is 9.59 Å². The molecule has 2 bridgehead atoms. The van der Waals surface area contributed by atoms with E-state index >= 15 is 0 Å². The van der Waals surface area contributed by atoms with Crippen molar-refractivity contribution in [2.24, 2.45) is 10.8 Å². The zero-order chi connectivity index (χ0) is 10.1. The second-order valence-electron chi connectivity index (χ2n) is 4.44. The van der Waals surface area contributed by atoms with E-state index in [-0.39, 0.29) is 12.2 Å². The van der Waals surface area contributed by atoms with Gasteiger partial charge in [-0.05, 0) is 13.8 Å². The molecule has 0 aromatic rings. The second-order valence-corrected chi connectivity index (χ2v) is 4.44. The number of ether oxygens (including phenoxy) is 2. The van der Waals surface area contributed by atoms with Crippen LogP contribution in [0.4, 0.5) is 0 Å². The number of hydrogen-bond donors (Lipinski definition) is 0. The summed E-state index contributed by atoms with van der Waals surface area (Å²) in [7, 11) is 0. The number of esters is 2. The van der Waals surface area contributed by atoms with Gasteiger partial charge in [-0.2, -0.15) is 0 Å². The molecule has 0 spiro atoms. The topological polar surface area (TPSA) is 52.6 Å². The van der Waals surface area contributed by atoms with Gasteiger partial charge in [-0.15, -0.1) is 0 Å². The lowest BCUT2D eigenvalue weighted by Gasteiger charge is -2.31. The Balaban J connectivity index is 2.26. The summed E-state index contributed by atoms with van der Waals surface area (Å²) in [6.45, 7) is 3.49. The fraction of sp³-hybridized carbons (Fsp3) is 0.600. The molecule has 4 nitrogen and oxygen atoms in total. The predicted octanol–water partition coefficient (Wildman–Crippen LogP) is 0.420. The van der Waals surface area contributed by atoms with Crippen molar-refractivity contribution >= 4 is 11.9 Å². The van der Waals surface area contributed by atoms with Crippen LogP contribution in [0.3, 0.4) is 0 Å². The lowest BCUT2D eigenvalue weighted by atomic mass is 9.61. The Morgan fingerprint density at radius 3 is 1.93 bits per heavy atom. The molecule has 0 aromatic heterocycles. The molecule has 0 aliphatic carbocycles. The van der Waals surface area contributed by atoms with Crippen LogP contribution >= 0.6 is 0 Å². The van der Waals surface area contributed by atoms with E-state index in [4.69, 9.17) is 9.47 Å². The van der Waals surface area contributed by atoms with Crippen LogP contribution in [0.2, 0.25) is 0 Å². The number of rotatable bonds is 0. The number of carbonyl (C=O) groups is 2. The van der Waals surface area contributed by atoms with Crippen molar-refractivity contribution in [3.05, 3.63) is 12.2 Å². The van der Waals surface area contributed by atoms with E-state index in [0.717, 1.165) is 0 Å². The van der Waals surface area contributed by atoms with Gasteiger partial charge in [0, 0.05) is 0 Å². The highest BCUT2D eigenvalue weighted by atomic mass is 16.6. The van der Waals surface area contributed by atoms with E-state index in [1.165, 1.54) is 0 Å². The zero-order valence-corrected chi connectivity index (χ0v) is 7.94. The Morgan fingerprint density at radius 1 is 1.07 bits per heavy atom. The summed E-state index contributed by atoms with van der Waals surface area (Å²) in [6.07, 6.45) is 3.06. The Labute approximate surface area is 80.9 Å². The molecule has 2 saturated heterocycles.